The molecule has 95 heavy (non-hydrogen) atoms. The molecule has 538 valence electrons. The Kier molecular flexibility index (Phi) is 34.8. The highest BCUT2D eigenvalue weighted by atomic mass is 16.4. The van der Waals surface area contributed by atoms with Gasteiger partial charge in [0.05, 0.1) is 12.5 Å². The minimum absolute atomic E-state index is 0.0535. The second-order valence-corrected chi connectivity index (χ2v) is 26.2. The molecule has 3 heterocycles. The van der Waals surface area contributed by atoms with E-state index in [1.165, 1.54) is 21.6 Å². The molecule has 0 radical (unpaired) electrons. The van der Waals surface area contributed by atoms with E-state index in [9.17, 15) is 67.4 Å². The maximum Gasteiger partial charge on any atom is 0.326 e. The second kappa shape index (κ2) is 40.6. The van der Waals surface area contributed by atoms with Gasteiger partial charge in [-0.1, -0.05) is 68.2 Å². The van der Waals surface area contributed by atoms with E-state index in [1.54, 1.807) is 41.5 Å². The highest BCUT2D eigenvalue weighted by molar-refractivity contribution is 6.00. The topological polar surface area (TPSA) is 511 Å². The van der Waals surface area contributed by atoms with E-state index < -0.39 is 174 Å². The van der Waals surface area contributed by atoms with Gasteiger partial charge in [0.1, 0.15) is 66.5 Å². The number of carbonyl (C=O) groups is 13. The molecule has 32 nitrogen and oxygen atoms in total. The molecule has 20 N–H and O–H groups in total. The number of likely N-dealkylation sites (tertiary alicyclic amines) is 3. The molecule has 3 fully saturated rings. The zero-order valence-electron chi connectivity index (χ0n) is 57.1. The molecule has 32 heteroatoms. The molecule has 0 aromatic rings. The highest BCUT2D eigenvalue weighted by Crippen LogP contribution is 2.26. The zero-order chi connectivity index (χ0) is 71.4. The third-order valence-electron chi connectivity index (χ3n) is 17.8. The summed E-state index contributed by atoms with van der Waals surface area (Å²) in [5.41, 5.74) is 28.3. The van der Waals surface area contributed by atoms with Crippen molar-refractivity contribution in [2.24, 2.45) is 57.3 Å². The van der Waals surface area contributed by atoms with Crippen LogP contribution in [-0.2, 0) is 62.3 Å². The lowest BCUT2D eigenvalue weighted by atomic mass is 9.94. The van der Waals surface area contributed by atoms with E-state index in [-0.39, 0.29) is 96.0 Å². The quantitative estimate of drug-likeness (QED) is 0.0176. The summed E-state index contributed by atoms with van der Waals surface area (Å²) in [6.45, 7) is 16.6. The molecule has 3 saturated heterocycles. The molecule has 3 rings (SSSR count). The van der Waals surface area contributed by atoms with Crippen LogP contribution in [0, 0.1) is 23.7 Å². The van der Waals surface area contributed by atoms with Crippen LogP contribution >= 0.6 is 0 Å². The first-order valence-corrected chi connectivity index (χ1v) is 33.8. The van der Waals surface area contributed by atoms with Crippen molar-refractivity contribution >= 4 is 82.9 Å². The molecule has 3 aliphatic rings. The number of hydrogen-bond acceptors (Lipinski definition) is 17. The summed E-state index contributed by atoms with van der Waals surface area (Å²) in [5.74, 6) is -12.1. The Hall–Kier alpha value is -7.74. The number of nitrogens with two attached hydrogens (primary N) is 5. The fourth-order valence-corrected chi connectivity index (χ4v) is 11.9. The van der Waals surface area contributed by atoms with E-state index in [0.29, 0.717) is 64.3 Å². The van der Waals surface area contributed by atoms with E-state index in [1.807, 2.05) is 13.8 Å². The Balaban J connectivity index is 1.86. The number of nitrogens with zero attached hydrogens (tertiary/aromatic N) is 4. The zero-order valence-corrected chi connectivity index (χ0v) is 57.1. The van der Waals surface area contributed by atoms with Gasteiger partial charge in [-0.15, -0.1) is 0 Å². The second-order valence-electron chi connectivity index (χ2n) is 26.2. The molecule has 0 bridgehead atoms. The summed E-state index contributed by atoms with van der Waals surface area (Å²) in [5, 5.41) is 40.7. The first-order chi connectivity index (χ1) is 44.8. The van der Waals surface area contributed by atoms with E-state index in [0.717, 1.165) is 0 Å². The summed E-state index contributed by atoms with van der Waals surface area (Å²) in [6.07, 6.45) is 4.50. The number of nitrogens with one attached hydrogen (secondary N) is 8. The Morgan fingerprint density at radius 1 is 0.484 bits per heavy atom. The Morgan fingerprint density at radius 2 is 0.916 bits per heavy atom. The summed E-state index contributed by atoms with van der Waals surface area (Å²) in [7, 11) is 0. The van der Waals surface area contributed by atoms with Crippen LogP contribution in [0.3, 0.4) is 0 Å². The van der Waals surface area contributed by atoms with Gasteiger partial charge in [-0.3, -0.25) is 62.5 Å². The van der Waals surface area contributed by atoms with Crippen LogP contribution in [0.25, 0.3) is 0 Å². The van der Waals surface area contributed by atoms with Gasteiger partial charge in [0.15, 0.2) is 5.96 Å². The molecule has 11 amide bonds. The number of rotatable bonds is 41. The van der Waals surface area contributed by atoms with Crippen molar-refractivity contribution in [3.63, 3.8) is 0 Å². The van der Waals surface area contributed by atoms with Crippen molar-refractivity contribution in [2.45, 2.75) is 250 Å². The van der Waals surface area contributed by atoms with Crippen LogP contribution in [0.5, 0.6) is 0 Å². The van der Waals surface area contributed by atoms with Crippen LogP contribution in [0.4, 0.5) is 0 Å². The third kappa shape index (κ3) is 25.4. The molecule has 3 aliphatic heterocycles. The number of amides is 11. The molecule has 0 aromatic heterocycles. The van der Waals surface area contributed by atoms with Crippen LogP contribution in [-0.4, -0.2) is 220 Å². The molecule has 0 unspecified atom stereocenters. The Morgan fingerprint density at radius 3 is 1.40 bits per heavy atom. The summed E-state index contributed by atoms with van der Waals surface area (Å²) < 4.78 is 0. The fourth-order valence-electron chi connectivity index (χ4n) is 11.9. The average Bonchev–Trinajstić information content (AvgIpc) is 1.76. The summed E-state index contributed by atoms with van der Waals surface area (Å²) >= 11 is 0. The monoisotopic (exact) mass is 1350 g/mol. The van der Waals surface area contributed by atoms with E-state index in [4.69, 9.17) is 33.8 Å². The van der Waals surface area contributed by atoms with Crippen LogP contribution in [0.2, 0.25) is 0 Å². The molecule has 0 aromatic carbocycles. The Labute approximate surface area is 557 Å². The predicted octanol–water partition coefficient (Wildman–Crippen LogP) is -2.15. The molecule has 14 atom stereocenters. The standard InChI is InChI=1S/C63H111N17O15/c1-10-36(7)49(77-58(90)50(37(8)11-2)76-54(86)41(22-16-28-69-63(67)68)71-51(83)38(9)70-52(84)39(66)33-47(81)82)57(89)72-40(20-12-14-26-64)53(85)74-43(32-34(3)4)60(92)78-29-17-24-45(78)56(88)75-48(35(5)6)61(93)79-30-18-23-44(79)55(87)73-42(21-13-15-27-65)59(91)80-31-19-25-46(80)62(94)95/h34-46,48-50H,10-33,64-66H2,1-9H3,(H,70,84)(H,71,83)(H,72,89)(H,73,87)(H,74,85)(H,75,88)(H,76,86)(H,77,90)(H,81,82)(H,94,95)(H4,67,68,69)/t36-,37-,38-,39-,40-,41-,42-,43-,44-,45-,46-,48-,49-,50-/m0/s1. The minimum atomic E-state index is -1.47. The largest absolute Gasteiger partial charge is 0.481 e. The van der Waals surface area contributed by atoms with Gasteiger partial charge in [-0.05, 0) is 140 Å². The van der Waals surface area contributed by atoms with Crippen LogP contribution < -0.4 is 71.2 Å². The first-order valence-electron chi connectivity index (χ1n) is 33.8. The summed E-state index contributed by atoms with van der Waals surface area (Å²) in [6, 6.07) is -14.4. The molecule has 0 saturated carbocycles. The van der Waals surface area contributed by atoms with Crippen molar-refractivity contribution in [1.29, 1.82) is 0 Å². The van der Waals surface area contributed by atoms with Gasteiger partial charge < -0.3 is 96.1 Å². The SMILES string of the molecule is CC[C@H](C)[C@H](NC(=O)[C@H](CCCN=C(N)N)NC(=O)[C@H](C)NC(=O)[C@@H](N)CC(=O)O)C(=O)N[C@H](C(=O)N[C@@H](CCCCN)C(=O)N[C@@H](CC(C)C)C(=O)N1CCC[C@H]1C(=O)N[C@H](C(=O)N1CCC[C@H]1C(=O)N[C@@H](CCCCN)C(=O)N1CCC[C@H]1C(=O)O)C(C)C)[C@@H](C)CC. The van der Waals surface area contributed by atoms with Gasteiger partial charge in [-0.25, -0.2) is 4.79 Å². The third-order valence-corrected chi connectivity index (χ3v) is 17.8. The lowest BCUT2D eigenvalue weighted by molar-refractivity contribution is -0.150. The normalized spacial score (nSPS) is 19.7. The van der Waals surface area contributed by atoms with Gasteiger partial charge in [-0.2, -0.15) is 0 Å². The minimum Gasteiger partial charge on any atom is -0.481 e. The van der Waals surface area contributed by atoms with Gasteiger partial charge in [0.2, 0.25) is 65.0 Å². The van der Waals surface area contributed by atoms with E-state index in [2.05, 4.69) is 47.5 Å². The van der Waals surface area contributed by atoms with Gasteiger partial charge >= 0.3 is 11.9 Å². The van der Waals surface area contributed by atoms with Gasteiger partial charge in [0, 0.05) is 26.2 Å². The van der Waals surface area contributed by atoms with Gasteiger partial charge in [0.25, 0.3) is 0 Å². The number of unbranched alkanes of at least 4 members (excludes halogenated alkanes) is 2. The number of carbonyl (C=O) groups excluding carboxylic acids is 11. The number of guanidine groups is 1. The van der Waals surface area contributed by atoms with Crippen molar-refractivity contribution < 1.29 is 72.5 Å². The number of carboxylic acid groups (broad SMARTS) is 2. The number of aliphatic carboxylic acids is 2. The lowest BCUT2D eigenvalue weighted by Crippen LogP contribution is -2.62. The smallest absolute Gasteiger partial charge is 0.326 e. The van der Waals surface area contributed by atoms with E-state index >= 15 is 0 Å². The maximum absolute atomic E-state index is 14.9. The molecule has 0 aliphatic carbocycles. The Bertz CT molecular complexity index is 2660. The highest BCUT2D eigenvalue weighted by Gasteiger charge is 2.45. The number of aliphatic imine (C=N–C) groups is 1. The first kappa shape index (κ1) is 81.5. The predicted molar refractivity (Wildman–Crippen MR) is 352 cm³/mol. The van der Waals surface area contributed by atoms with Crippen molar-refractivity contribution in [3.05, 3.63) is 0 Å². The molecular formula is C63H111N17O15. The van der Waals surface area contributed by atoms with Crippen molar-refractivity contribution in [2.75, 3.05) is 39.3 Å². The maximum atomic E-state index is 14.9. The fraction of sp³-hybridized carbons (Fsp3) is 0.778. The summed E-state index contributed by atoms with van der Waals surface area (Å²) in [4.78, 5) is 187. The molecule has 0 spiro atoms. The van der Waals surface area contributed by atoms with Crippen LogP contribution in [0.15, 0.2) is 4.99 Å². The average molecular weight is 1350 g/mol. The molecular weight excluding hydrogens is 1230 g/mol. The number of carboxylic acids is 2. The van der Waals surface area contributed by atoms with Crippen LogP contribution in [0.1, 0.15) is 178 Å². The van der Waals surface area contributed by atoms with Crippen molar-refractivity contribution in [1.82, 2.24) is 57.2 Å². The lowest BCUT2D eigenvalue weighted by Gasteiger charge is -2.34. The van der Waals surface area contributed by atoms with Crippen molar-refractivity contribution in [3.8, 4) is 0 Å². The number of hydrogen-bond donors (Lipinski definition) is 15.